The van der Waals surface area contributed by atoms with Gasteiger partial charge in [-0.1, -0.05) is 0 Å². The zero-order valence-corrected chi connectivity index (χ0v) is 7.95. The first-order chi connectivity index (χ1) is 6.99. The molecule has 0 fully saturated rings. The topological polar surface area (TPSA) is 98.3 Å². The summed E-state index contributed by atoms with van der Waals surface area (Å²) in [4.78, 5) is 20.0. The van der Waals surface area contributed by atoms with Gasteiger partial charge in [0.2, 0.25) is 0 Å². The molecule has 80 valence electrons. The van der Waals surface area contributed by atoms with Crippen LogP contribution in [-0.2, 0) is 11.3 Å². The molecular weight excluding hydrogens is 202 g/mol. The number of hydrogen-bond acceptors (Lipinski definition) is 4. The lowest BCUT2D eigenvalue weighted by Crippen LogP contribution is -2.02. The van der Waals surface area contributed by atoms with E-state index in [9.17, 15) is 14.9 Å². The number of carboxylic acids is 1. The average Bonchev–Trinajstić information content (AvgIpc) is 2.50. The Labute approximate surface area is 84.8 Å². The van der Waals surface area contributed by atoms with E-state index >= 15 is 0 Å². The summed E-state index contributed by atoms with van der Waals surface area (Å²) in [5, 5.41) is 22.4. The largest absolute Gasteiger partial charge is 0.478 e. The van der Waals surface area contributed by atoms with Crippen molar-refractivity contribution in [1.29, 1.82) is 0 Å². The molecule has 0 spiro atoms. The fourth-order valence-corrected chi connectivity index (χ4v) is 1.05. The molecule has 0 saturated carbocycles. The summed E-state index contributed by atoms with van der Waals surface area (Å²) in [6.45, 7) is 1.84. The SMILES string of the molecule is CC(=CC(=O)O)Cn1ccc([N+](=O)[O-])n1. The van der Waals surface area contributed by atoms with Gasteiger partial charge in [-0.15, -0.1) is 0 Å². The van der Waals surface area contributed by atoms with E-state index in [4.69, 9.17) is 5.11 Å². The van der Waals surface area contributed by atoms with E-state index in [-0.39, 0.29) is 12.4 Å². The minimum absolute atomic E-state index is 0.222. The van der Waals surface area contributed by atoms with Crippen molar-refractivity contribution < 1.29 is 14.8 Å². The molecule has 0 bridgehead atoms. The highest BCUT2D eigenvalue weighted by atomic mass is 16.6. The number of nitro groups is 1. The normalized spacial score (nSPS) is 11.4. The minimum atomic E-state index is -1.05. The van der Waals surface area contributed by atoms with Gasteiger partial charge in [-0.25, -0.2) is 4.79 Å². The molecule has 7 nitrogen and oxygen atoms in total. The van der Waals surface area contributed by atoms with Crippen LogP contribution < -0.4 is 0 Å². The first kappa shape index (κ1) is 10.9. The van der Waals surface area contributed by atoms with Gasteiger partial charge in [0.15, 0.2) is 0 Å². The maximum Gasteiger partial charge on any atom is 0.389 e. The Balaban J connectivity index is 2.73. The van der Waals surface area contributed by atoms with Gasteiger partial charge in [0.05, 0.1) is 23.9 Å². The zero-order valence-electron chi connectivity index (χ0n) is 7.95. The molecule has 0 aliphatic carbocycles. The molecule has 7 heteroatoms. The lowest BCUT2D eigenvalue weighted by Gasteiger charge is -1.95. The van der Waals surface area contributed by atoms with Gasteiger partial charge in [0.25, 0.3) is 0 Å². The van der Waals surface area contributed by atoms with Gasteiger partial charge in [0.1, 0.15) is 0 Å². The molecule has 0 aliphatic rings. The first-order valence-corrected chi connectivity index (χ1v) is 4.07. The Hall–Kier alpha value is -2.18. The summed E-state index contributed by atoms with van der Waals surface area (Å²) in [6.07, 6.45) is 2.46. The number of hydrogen-bond donors (Lipinski definition) is 1. The zero-order chi connectivity index (χ0) is 11.4. The molecule has 0 radical (unpaired) electrons. The number of aromatic nitrogens is 2. The molecule has 1 rings (SSSR count). The molecule has 0 amide bonds. The van der Waals surface area contributed by atoms with E-state index in [1.54, 1.807) is 6.92 Å². The fourth-order valence-electron chi connectivity index (χ4n) is 1.05. The van der Waals surface area contributed by atoms with Crippen molar-refractivity contribution >= 4 is 11.8 Å². The molecule has 0 aromatic carbocycles. The Morgan fingerprint density at radius 3 is 2.93 bits per heavy atom. The Morgan fingerprint density at radius 2 is 2.47 bits per heavy atom. The Kier molecular flexibility index (Phi) is 3.17. The van der Waals surface area contributed by atoms with Crippen LogP contribution >= 0.6 is 0 Å². The van der Waals surface area contributed by atoms with Crippen LogP contribution in [0.3, 0.4) is 0 Å². The van der Waals surface area contributed by atoms with Crippen molar-refractivity contribution in [3.05, 3.63) is 34.0 Å². The highest BCUT2D eigenvalue weighted by molar-refractivity contribution is 5.80. The maximum absolute atomic E-state index is 10.3. The van der Waals surface area contributed by atoms with Crippen LogP contribution in [0.5, 0.6) is 0 Å². The molecule has 1 heterocycles. The standard InChI is InChI=1S/C8H9N3O4/c1-6(4-8(12)13)5-10-3-2-7(9-10)11(14)15/h2-4H,5H2,1H3,(H,12,13). The number of aliphatic carboxylic acids is 1. The third-order valence-electron chi connectivity index (χ3n) is 1.59. The fraction of sp³-hybridized carbons (Fsp3) is 0.250. The highest BCUT2D eigenvalue weighted by Gasteiger charge is 2.10. The lowest BCUT2D eigenvalue weighted by molar-refractivity contribution is -0.389. The third-order valence-corrected chi connectivity index (χ3v) is 1.59. The number of carboxylic acid groups (broad SMARTS) is 1. The van der Waals surface area contributed by atoms with Crippen LogP contribution in [-0.4, -0.2) is 25.8 Å². The summed E-state index contributed by atoms with van der Waals surface area (Å²) in [5.74, 6) is -1.30. The van der Waals surface area contributed by atoms with Crippen LogP contribution in [0, 0.1) is 10.1 Å². The molecule has 1 aromatic rings. The maximum atomic E-state index is 10.3. The van der Waals surface area contributed by atoms with Gasteiger partial charge >= 0.3 is 11.8 Å². The Bertz CT molecular complexity index is 421. The van der Waals surface area contributed by atoms with Crippen LogP contribution in [0.25, 0.3) is 0 Å². The number of allylic oxidation sites excluding steroid dienone is 1. The number of rotatable bonds is 4. The summed E-state index contributed by atoms with van der Waals surface area (Å²) in [6, 6.07) is 1.26. The highest BCUT2D eigenvalue weighted by Crippen LogP contribution is 2.07. The van der Waals surface area contributed by atoms with Crippen molar-refractivity contribution in [1.82, 2.24) is 9.78 Å². The second-order valence-corrected chi connectivity index (χ2v) is 2.96. The van der Waals surface area contributed by atoms with Crippen molar-refractivity contribution in [3.8, 4) is 0 Å². The third kappa shape index (κ3) is 3.22. The van der Waals surface area contributed by atoms with E-state index in [0.29, 0.717) is 5.57 Å². The lowest BCUT2D eigenvalue weighted by atomic mass is 10.3. The van der Waals surface area contributed by atoms with Gasteiger partial charge < -0.3 is 15.2 Å². The van der Waals surface area contributed by atoms with Crippen LogP contribution in [0.1, 0.15) is 6.92 Å². The van der Waals surface area contributed by atoms with Gasteiger partial charge in [-0.05, 0) is 17.4 Å². The van der Waals surface area contributed by atoms with Gasteiger partial charge in [0, 0.05) is 6.08 Å². The number of nitrogens with zero attached hydrogens (tertiary/aromatic N) is 3. The second-order valence-electron chi connectivity index (χ2n) is 2.96. The first-order valence-electron chi connectivity index (χ1n) is 4.07. The van der Waals surface area contributed by atoms with Crippen LogP contribution in [0.15, 0.2) is 23.9 Å². The summed E-state index contributed by atoms with van der Waals surface area (Å²) in [7, 11) is 0. The van der Waals surface area contributed by atoms with Gasteiger partial charge in [-0.3, -0.25) is 0 Å². The van der Waals surface area contributed by atoms with Crippen molar-refractivity contribution in [2.45, 2.75) is 13.5 Å². The molecule has 0 aliphatic heterocycles. The van der Waals surface area contributed by atoms with E-state index in [2.05, 4.69) is 5.10 Å². The second kappa shape index (κ2) is 4.36. The average molecular weight is 211 g/mol. The quantitative estimate of drug-likeness (QED) is 0.451. The molecular formula is C8H9N3O4. The summed E-state index contributed by atoms with van der Waals surface area (Å²) < 4.78 is 1.31. The molecule has 1 N–H and O–H groups in total. The molecule has 0 atom stereocenters. The molecule has 15 heavy (non-hydrogen) atoms. The van der Waals surface area contributed by atoms with Gasteiger partial charge in [-0.2, -0.15) is 4.68 Å². The van der Waals surface area contributed by atoms with Crippen LogP contribution in [0.2, 0.25) is 0 Å². The number of carbonyl (C=O) groups is 1. The van der Waals surface area contributed by atoms with Crippen molar-refractivity contribution in [3.63, 3.8) is 0 Å². The monoisotopic (exact) mass is 211 g/mol. The predicted molar refractivity (Wildman–Crippen MR) is 50.3 cm³/mol. The van der Waals surface area contributed by atoms with E-state index in [0.717, 1.165) is 6.08 Å². The molecule has 1 aromatic heterocycles. The van der Waals surface area contributed by atoms with E-state index in [1.807, 2.05) is 0 Å². The van der Waals surface area contributed by atoms with Crippen molar-refractivity contribution in [2.24, 2.45) is 0 Å². The molecule has 0 saturated heterocycles. The Morgan fingerprint density at radius 1 is 1.80 bits per heavy atom. The molecule has 0 unspecified atom stereocenters. The van der Waals surface area contributed by atoms with E-state index in [1.165, 1.54) is 16.9 Å². The summed E-state index contributed by atoms with van der Waals surface area (Å²) >= 11 is 0. The summed E-state index contributed by atoms with van der Waals surface area (Å²) in [5.41, 5.74) is 0.556. The van der Waals surface area contributed by atoms with Crippen LogP contribution in [0.4, 0.5) is 5.82 Å². The smallest absolute Gasteiger partial charge is 0.389 e. The van der Waals surface area contributed by atoms with Crippen molar-refractivity contribution in [2.75, 3.05) is 0 Å². The predicted octanol–water partition coefficient (Wildman–Crippen LogP) is 0.822. The minimum Gasteiger partial charge on any atom is -0.478 e. The van der Waals surface area contributed by atoms with E-state index < -0.39 is 10.9 Å².